The summed E-state index contributed by atoms with van der Waals surface area (Å²) in [5.74, 6) is -51.7. The van der Waals surface area contributed by atoms with Gasteiger partial charge in [-0.15, -0.1) is 0 Å². The van der Waals surface area contributed by atoms with Crippen molar-refractivity contribution < 1.29 is 87.9 Å². The van der Waals surface area contributed by atoms with Gasteiger partial charge < -0.3 is 0 Å². The number of hydroxylamine groups is 1. The molecular formula is C12H10F17NO3S. The van der Waals surface area contributed by atoms with E-state index in [-0.39, 0.29) is 0 Å². The number of halogens is 17. The molecule has 0 saturated carbocycles. The smallest absolute Gasteiger partial charge is 0.284 e. The molecule has 0 N–H and O–H groups in total. The quantitative estimate of drug-likeness (QED) is 0.241. The van der Waals surface area contributed by atoms with Crippen LogP contribution in [-0.4, -0.2) is 73.0 Å². The van der Waals surface area contributed by atoms with E-state index in [0.29, 0.717) is 6.92 Å². The molecule has 0 saturated heterocycles. The van der Waals surface area contributed by atoms with E-state index in [0.717, 1.165) is 6.92 Å². The number of hydrogen-bond donors (Lipinski definition) is 0. The van der Waals surface area contributed by atoms with Crippen LogP contribution in [0, 0.1) is 0 Å². The summed E-state index contributed by atoms with van der Waals surface area (Å²) < 4.78 is 245. The molecule has 0 radical (unpaired) electrons. The van der Waals surface area contributed by atoms with Crippen molar-refractivity contribution in [3.63, 3.8) is 0 Å². The van der Waals surface area contributed by atoms with Crippen LogP contribution in [0.2, 0.25) is 0 Å². The molecule has 206 valence electrons. The lowest BCUT2D eigenvalue weighted by atomic mass is 9.91. The van der Waals surface area contributed by atoms with E-state index in [2.05, 4.69) is 4.84 Å². The third kappa shape index (κ3) is 4.05. The number of rotatable bonds is 11. The van der Waals surface area contributed by atoms with Crippen LogP contribution in [-0.2, 0) is 14.9 Å². The molecule has 0 aliphatic heterocycles. The van der Waals surface area contributed by atoms with Crippen molar-refractivity contribution in [3.8, 4) is 0 Å². The van der Waals surface area contributed by atoms with Gasteiger partial charge in [0.2, 0.25) is 0 Å². The van der Waals surface area contributed by atoms with Crippen LogP contribution in [0.5, 0.6) is 0 Å². The number of alkyl halides is 17. The normalized spacial score (nSPS) is 16.4. The van der Waals surface area contributed by atoms with E-state index in [1.54, 1.807) is 0 Å². The third-order valence-corrected chi connectivity index (χ3v) is 5.62. The molecule has 0 bridgehead atoms. The van der Waals surface area contributed by atoms with Gasteiger partial charge in [-0.25, -0.2) is 8.42 Å². The molecule has 0 unspecified atom stereocenters. The molecule has 0 atom stereocenters. The summed E-state index contributed by atoms with van der Waals surface area (Å²) in [6, 6.07) is 0. The zero-order chi connectivity index (χ0) is 28.2. The highest BCUT2D eigenvalue weighted by molar-refractivity contribution is 7.90. The Bertz CT molecular complexity index is 835. The van der Waals surface area contributed by atoms with Crippen molar-refractivity contribution in [2.45, 2.75) is 60.8 Å². The first-order valence-electron chi connectivity index (χ1n) is 7.88. The first-order valence-corrected chi connectivity index (χ1v) is 9.32. The monoisotopic (exact) mass is 571 g/mol. The average Bonchev–Trinajstić information content (AvgIpc) is 2.63. The Balaban J connectivity index is 7.01. The molecule has 4 nitrogen and oxygen atoms in total. The largest absolute Gasteiger partial charge is 0.460 e. The summed E-state index contributed by atoms with van der Waals surface area (Å²) >= 11 is 0. The van der Waals surface area contributed by atoms with E-state index >= 15 is 0 Å². The highest BCUT2D eigenvalue weighted by atomic mass is 32.2. The fraction of sp³-hybridized carbons (Fsp3) is 1.00. The lowest BCUT2D eigenvalue weighted by molar-refractivity contribution is -0.458. The Morgan fingerprint density at radius 2 is 0.853 bits per heavy atom. The lowest BCUT2D eigenvalue weighted by Crippen LogP contribution is -2.75. The van der Waals surface area contributed by atoms with Gasteiger partial charge in [0.05, 0.1) is 6.61 Å². The van der Waals surface area contributed by atoms with Gasteiger partial charge in [0.15, 0.2) is 0 Å². The van der Waals surface area contributed by atoms with Gasteiger partial charge in [-0.2, -0.15) is 74.6 Å². The SMILES string of the molecule is CCON(CC)S(=O)(=O)C(F)(F)C(F)(F)C(F)(F)C(F)(F)C(F)(F)C(F)(F)C(F)(F)C(F)(F)F. The average molecular weight is 571 g/mol. The van der Waals surface area contributed by atoms with Gasteiger partial charge in [-0.05, 0) is 13.8 Å². The van der Waals surface area contributed by atoms with E-state index in [4.69, 9.17) is 0 Å². The van der Waals surface area contributed by atoms with Crippen LogP contribution in [0.25, 0.3) is 0 Å². The Hall–Kier alpha value is -1.32. The molecule has 0 spiro atoms. The lowest BCUT2D eigenvalue weighted by Gasteiger charge is -2.42. The van der Waals surface area contributed by atoms with E-state index in [1.165, 1.54) is 0 Å². The molecule has 0 rings (SSSR count). The Morgan fingerprint density at radius 3 is 1.12 bits per heavy atom. The van der Waals surface area contributed by atoms with Crippen molar-refractivity contribution in [2.75, 3.05) is 13.2 Å². The standard InChI is InChI=1S/C12H10F17NO3S/c1-3-30(33-4-2)34(31,32)12(28,29)10(23,24)8(19,20)6(15,16)5(13,14)7(17,18)9(21,22)11(25,26)27/h3-4H2,1-2H3. The second-order valence-corrected chi connectivity index (χ2v) is 7.87. The fourth-order valence-electron chi connectivity index (χ4n) is 1.91. The minimum absolute atomic E-state index is 0.502. The van der Waals surface area contributed by atoms with E-state index < -0.39 is 74.6 Å². The van der Waals surface area contributed by atoms with Gasteiger partial charge in [0.1, 0.15) is 0 Å². The minimum Gasteiger partial charge on any atom is -0.284 e. The van der Waals surface area contributed by atoms with E-state index in [1.807, 2.05) is 0 Å². The summed E-state index contributed by atoms with van der Waals surface area (Å²) in [4.78, 5) is 3.85. The molecule has 0 heterocycles. The second-order valence-electron chi connectivity index (χ2n) is 6.00. The van der Waals surface area contributed by atoms with Crippen LogP contribution < -0.4 is 0 Å². The van der Waals surface area contributed by atoms with Crippen molar-refractivity contribution in [1.29, 1.82) is 0 Å². The maximum atomic E-state index is 13.8. The third-order valence-electron chi connectivity index (χ3n) is 3.82. The predicted molar refractivity (Wildman–Crippen MR) is 73.6 cm³/mol. The van der Waals surface area contributed by atoms with Crippen molar-refractivity contribution in [1.82, 2.24) is 4.47 Å². The number of hydrogen-bond acceptors (Lipinski definition) is 3. The summed E-state index contributed by atoms with van der Waals surface area (Å²) in [6.45, 7) is -1.17. The maximum absolute atomic E-state index is 13.8. The molecule has 34 heavy (non-hydrogen) atoms. The number of sulfonamides is 1. The molecule has 0 aliphatic rings. The van der Waals surface area contributed by atoms with Gasteiger partial charge in [0, 0.05) is 6.54 Å². The first kappa shape index (κ1) is 32.7. The Labute approximate surface area is 177 Å². The van der Waals surface area contributed by atoms with Gasteiger partial charge in [-0.3, -0.25) is 4.84 Å². The predicted octanol–water partition coefficient (Wildman–Crippen LogP) is 5.56. The molecule has 0 aromatic heterocycles. The van der Waals surface area contributed by atoms with Gasteiger partial charge in [-0.1, -0.05) is 4.47 Å². The molecule has 22 heteroatoms. The van der Waals surface area contributed by atoms with Crippen LogP contribution in [0.4, 0.5) is 74.6 Å². The fourth-order valence-corrected chi connectivity index (χ4v) is 3.21. The first-order chi connectivity index (χ1) is 14.5. The molecule has 0 aromatic carbocycles. The van der Waals surface area contributed by atoms with Crippen LogP contribution >= 0.6 is 0 Å². The summed E-state index contributed by atoms with van der Waals surface area (Å²) in [5, 5.41) is -7.62. The Morgan fingerprint density at radius 1 is 0.559 bits per heavy atom. The van der Waals surface area contributed by atoms with Gasteiger partial charge in [0.25, 0.3) is 0 Å². The second kappa shape index (κ2) is 8.66. The zero-order valence-electron chi connectivity index (χ0n) is 15.9. The molecular weight excluding hydrogens is 561 g/mol. The van der Waals surface area contributed by atoms with Crippen LogP contribution in [0.1, 0.15) is 13.8 Å². The zero-order valence-corrected chi connectivity index (χ0v) is 16.7. The Kier molecular flexibility index (Phi) is 8.32. The van der Waals surface area contributed by atoms with Crippen molar-refractivity contribution >= 4 is 10.0 Å². The van der Waals surface area contributed by atoms with Crippen molar-refractivity contribution in [2.24, 2.45) is 0 Å². The topological polar surface area (TPSA) is 46.6 Å². The van der Waals surface area contributed by atoms with Crippen LogP contribution in [0.15, 0.2) is 0 Å². The van der Waals surface area contributed by atoms with E-state index in [9.17, 15) is 83.1 Å². The summed E-state index contributed by atoms with van der Waals surface area (Å²) in [6.07, 6.45) is -7.87. The summed E-state index contributed by atoms with van der Waals surface area (Å²) in [5.41, 5.74) is 0. The minimum atomic E-state index is -8.86. The van der Waals surface area contributed by atoms with Gasteiger partial charge >= 0.3 is 57.0 Å². The molecule has 0 amide bonds. The molecule has 0 fully saturated rings. The molecule has 0 aromatic rings. The summed E-state index contributed by atoms with van der Waals surface area (Å²) in [7, 11) is -7.39. The van der Waals surface area contributed by atoms with Crippen molar-refractivity contribution in [3.05, 3.63) is 0 Å². The highest BCUT2D eigenvalue weighted by Gasteiger charge is 2.96. The maximum Gasteiger partial charge on any atom is 0.460 e. The molecule has 0 aliphatic carbocycles. The number of nitrogens with zero attached hydrogens (tertiary/aromatic N) is 1. The van der Waals surface area contributed by atoms with Crippen LogP contribution in [0.3, 0.4) is 0 Å². The highest BCUT2D eigenvalue weighted by Crippen LogP contribution is 2.64.